The summed E-state index contributed by atoms with van der Waals surface area (Å²) in [6.07, 6.45) is 6.71. The molecule has 112 valence electrons. The van der Waals surface area contributed by atoms with Crippen molar-refractivity contribution in [3.8, 4) is 11.3 Å². The largest absolute Gasteiger partial charge is 0.371 e. The molecule has 1 aliphatic heterocycles. The second-order valence-electron chi connectivity index (χ2n) is 5.90. The first-order valence-corrected chi connectivity index (χ1v) is 7.52. The van der Waals surface area contributed by atoms with Crippen molar-refractivity contribution in [1.82, 2.24) is 19.9 Å². The average molecular weight is 294 g/mol. The van der Waals surface area contributed by atoms with E-state index in [-0.39, 0.29) is 5.95 Å². The Morgan fingerprint density at radius 1 is 1.27 bits per heavy atom. The van der Waals surface area contributed by atoms with Crippen molar-refractivity contribution in [1.29, 1.82) is 0 Å². The molecular weight excluding hydrogens is 276 g/mol. The molecule has 0 radical (unpaired) electrons. The highest BCUT2D eigenvalue weighted by atomic mass is 15.2. The van der Waals surface area contributed by atoms with Gasteiger partial charge in [-0.15, -0.1) is 0 Å². The monoisotopic (exact) mass is 294 g/mol. The molecule has 1 fully saturated rings. The molecule has 0 bridgehead atoms. The van der Waals surface area contributed by atoms with Crippen LogP contribution in [0, 0.1) is 5.92 Å². The van der Waals surface area contributed by atoms with Crippen LogP contribution >= 0.6 is 0 Å². The van der Waals surface area contributed by atoms with E-state index in [0.717, 1.165) is 41.3 Å². The molecular formula is C16H18N6. The van der Waals surface area contributed by atoms with Gasteiger partial charge in [0.05, 0.1) is 11.1 Å². The number of pyridine rings is 1. The van der Waals surface area contributed by atoms with Crippen LogP contribution in [0.15, 0.2) is 30.7 Å². The van der Waals surface area contributed by atoms with Crippen LogP contribution in [0.2, 0.25) is 0 Å². The van der Waals surface area contributed by atoms with Crippen molar-refractivity contribution in [2.75, 3.05) is 23.7 Å². The molecule has 3 N–H and O–H groups in total. The minimum Gasteiger partial charge on any atom is -0.371 e. The first kappa shape index (κ1) is 13.1. The van der Waals surface area contributed by atoms with Gasteiger partial charge >= 0.3 is 0 Å². The van der Waals surface area contributed by atoms with Crippen molar-refractivity contribution < 1.29 is 0 Å². The maximum absolute atomic E-state index is 5.73. The lowest BCUT2D eigenvalue weighted by Gasteiger charge is -2.19. The molecule has 6 nitrogen and oxygen atoms in total. The van der Waals surface area contributed by atoms with E-state index in [9.17, 15) is 0 Å². The van der Waals surface area contributed by atoms with Gasteiger partial charge < -0.3 is 15.6 Å². The Balaban J connectivity index is 1.90. The van der Waals surface area contributed by atoms with E-state index >= 15 is 0 Å². The van der Waals surface area contributed by atoms with Gasteiger partial charge in [-0.05, 0) is 24.5 Å². The quantitative estimate of drug-likeness (QED) is 0.758. The number of nitrogen functional groups attached to an aromatic ring is 1. The molecule has 0 spiro atoms. The molecule has 6 heteroatoms. The minimum absolute atomic E-state index is 0.284. The summed E-state index contributed by atoms with van der Waals surface area (Å²) < 4.78 is 0. The van der Waals surface area contributed by atoms with Crippen molar-refractivity contribution >= 4 is 22.7 Å². The zero-order chi connectivity index (χ0) is 15.1. The zero-order valence-corrected chi connectivity index (χ0v) is 12.5. The van der Waals surface area contributed by atoms with Gasteiger partial charge in [0.2, 0.25) is 5.95 Å². The molecule has 0 amide bonds. The SMILES string of the molecule is CC1CCN(c2ccnc3[nH]cc(-c4ccnc(N)n4)c23)C1. The Morgan fingerprint density at radius 3 is 2.91 bits per heavy atom. The first-order chi connectivity index (χ1) is 10.7. The van der Waals surface area contributed by atoms with E-state index in [1.807, 2.05) is 18.5 Å². The predicted octanol–water partition coefficient (Wildman–Crippen LogP) is 2.45. The second kappa shape index (κ2) is 4.98. The van der Waals surface area contributed by atoms with Gasteiger partial charge in [0.25, 0.3) is 0 Å². The standard InChI is InChI=1S/C16H18N6/c1-10-4-7-22(9-10)13-3-6-18-15-14(13)11(8-20-15)12-2-5-19-16(17)21-12/h2-3,5-6,8,10H,4,7,9H2,1H3,(H,18,20)(H2,17,19,21). The van der Waals surface area contributed by atoms with Crippen molar-refractivity contribution in [3.05, 3.63) is 30.7 Å². The van der Waals surface area contributed by atoms with Crippen LogP contribution in [0.5, 0.6) is 0 Å². The van der Waals surface area contributed by atoms with Gasteiger partial charge in [-0.3, -0.25) is 0 Å². The van der Waals surface area contributed by atoms with Crippen molar-refractivity contribution in [3.63, 3.8) is 0 Å². The summed E-state index contributed by atoms with van der Waals surface area (Å²) in [5.41, 5.74) is 9.66. The maximum Gasteiger partial charge on any atom is 0.220 e. The van der Waals surface area contributed by atoms with Crippen molar-refractivity contribution in [2.24, 2.45) is 5.92 Å². The summed E-state index contributed by atoms with van der Waals surface area (Å²) in [5.74, 6) is 1.01. The van der Waals surface area contributed by atoms with Crippen LogP contribution < -0.4 is 10.6 Å². The Labute approximate surface area is 128 Å². The summed E-state index contributed by atoms with van der Waals surface area (Å²) in [7, 11) is 0. The van der Waals surface area contributed by atoms with Crippen LogP contribution in [0.3, 0.4) is 0 Å². The van der Waals surface area contributed by atoms with Crippen LogP contribution in [-0.4, -0.2) is 33.0 Å². The third kappa shape index (κ3) is 2.07. The minimum atomic E-state index is 0.284. The average Bonchev–Trinajstić information content (AvgIpc) is 3.13. The number of rotatable bonds is 2. The van der Waals surface area contributed by atoms with Crippen molar-refractivity contribution in [2.45, 2.75) is 13.3 Å². The lowest BCUT2D eigenvalue weighted by Crippen LogP contribution is -2.19. The first-order valence-electron chi connectivity index (χ1n) is 7.52. The lowest BCUT2D eigenvalue weighted by molar-refractivity contribution is 0.659. The fraction of sp³-hybridized carbons (Fsp3) is 0.312. The maximum atomic E-state index is 5.73. The van der Waals surface area contributed by atoms with E-state index in [2.05, 4.69) is 37.8 Å². The number of nitrogens with zero attached hydrogens (tertiary/aromatic N) is 4. The summed E-state index contributed by atoms with van der Waals surface area (Å²) in [5, 5.41) is 1.11. The number of H-pyrrole nitrogens is 1. The normalized spacial score (nSPS) is 18.2. The highest BCUT2D eigenvalue weighted by Crippen LogP contribution is 2.36. The molecule has 0 aliphatic carbocycles. The van der Waals surface area contributed by atoms with Gasteiger partial charge in [0, 0.05) is 42.9 Å². The molecule has 0 aromatic carbocycles. The third-order valence-electron chi connectivity index (χ3n) is 4.27. The van der Waals surface area contributed by atoms with Crippen LogP contribution in [-0.2, 0) is 0 Å². The number of aromatic amines is 1. The van der Waals surface area contributed by atoms with Crippen LogP contribution in [0.25, 0.3) is 22.3 Å². The summed E-state index contributed by atoms with van der Waals surface area (Å²) >= 11 is 0. The number of hydrogen-bond donors (Lipinski definition) is 2. The fourth-order valence-electron chi connectivity index (χ4n) is 3.18. The van der Waals surface area contributed by atoms with E-state index < -0.39 is 0 Å². The highest BCUT2D eigenvalue weighted by molar-refractivity contribution is 6.02. The van der Waals surface area contributed by atoms with Gasteiger partial charge in [0.15, 0.2) is 0 Å². The number of hydrogen-bond acceptors (Lipinski definition) is 5. The zero-order valence-electron chi connectivity index (χ0n) is 12.5. The third-order valence-corrected chi connectivity index (χ3v) is 4.27. The lowest BCUT2D eigenvalue weighted by atomic mass is 10.1. The molecule has 1 aliphatic rings. The Morgan fingerprint density at radius 2 is 2.14 bits per heavy atom. The van der Waals surface area contributed by atoms with E-state index in [1.165, 1.54) is 12.1 Å². The molecule has 3 aromatic rings. The van der Waals surface area contributed by atoms with E-state index in [0.29, 0.717) is 0 Å². The smallest absolute Gasteiger partial charge is 0.220 e. The van der Waals surface area contributed by atoms with E-state index in [1.54, 1.807) is 6.20 Å². The number of nitrogens with one attached hydrogen (secondary N) is 1. The van der Waals surface area contributed by atoms with Crippen LogP contribution in [0.4, 0.5) is 11.6 Å². The summed E-state index contributed by atoms with van der Waals surface area (Å²) in [6, 6.07) is 3.96. The van der Waals surface area contributed by atoms with Gasteiger partial charge in [-0.2, -0.15) is 0 Å². The topological polar surface area (TPSA) is 83.7 Å². The molecule has 1 atom stereocenters. The summed E-state index contributed by atoms with van der Waals surface area (Å²) in [6.45, 7) is 4.45. The summed E-state index contributed by atoms with van der Waals surface area (Å²) in [4.78, 5) is 18.4. The Bertz CT molecular complexity index is 824. The van der Waals surface area contributed by atoms with E-state index in [4.69, 9.17) is 5.73 Å². The molecule has 0 saturated carbocycles. The Kier molecular flexibility index (Phi) is 2.96. The highest BCUT2D eigenvalue weighted by Gasteiger charge is 2.23. The van der Waals surface area contributed by atoms with Gasteiger partial charge in [0.1, 0.15) is 5.65 Å². The van der Waals surface area contributed by atoms with Gasteiger partial charge in [-0.25, -0.2) is 15.0 Å². The Hall–Kier alpha value is -2.63. The molecule has 4 heterocycles. The number of fused-ring (bicyclic) bond motifs is 1. The predicted molar refractivity (Wildman–Crippen MR) is 87.5 cm³/mol. The molecule has 22 heavy (non-hydrogen) atoms. The molecule has 1 saturated heterocycles. The van der Waals surface area contributed by atoms with Gasteiger partial charge in [-0.1, -0.05) is 6.92 Å². The number of nitrogens with two attached hydrogens (primary N) is 1. The fourth-order valence-corrected chi connectivity index (χ4v) is 3.18. The number of anilines is 2. The second-order valence-corrected chi connectivity index (χ2v) is 5.90. The molecule has 4 rings (SSSR count). The molecule has 1 unspecified atom stereocenters. The van der Waals surface area contributed by atoms with Crippen LogP contribution in [0.1, 0.15) is 13.3 Å². The molecule has 3 aromatic heterocycles. The number of aromatic nitrogens is 4.